The van der Waals surface area contributed by atoms with Gasteiger partial charge in [0, 0.05) is 18.0 Å². The minimum Gasteiger partial charge on any atom is -0.271 e. The Morgan fingerprint density at radius 2 is 1.88 bits per heavy atom. The fraction of sp³-hybridized carbons (Fsp3) is 0.0769. The number of allylic oxidation sites excluding steroid dienone is 1. The Morgan fingerprint density at radius 1 is 1.12 bits per heavy atom. The summed E-state index contributed by atoms with van der Waals surface area (Å²) in [6.45, 7) is 3.77. The van der Waals surface area contributed by atoms with E-state index >= 15 is 0 Å². The van der Waals surface area contributed by atoms with E-state index < -0.39 is 0 Å². The monoisotopic (exact) mass is 213 g/mol. The van der Waals surface area contributed by atoms with Crippen LogP contribution in [0.2, 0.25) is 0 Å². The van der Waals surface area contributed by atoms with Gasteiger partial charge < -0.3 is 0 Å². The van der Waals surface area contributed by atoms with Gasteiger partial charge in [-0.05, 0) is 17.5 Å². The fourth-order valence-corrected chi connectivity index (χ4v) is 1.64. The SMILES string of the molecule is C=CCn1c(=O)ccc2ccccc2c1=O. The fourth-order valence-electron chi connectivity index (χ4n) is 1.64. The van der Waals surface area contributed by atoms with Crippen LogP contribution in [0, 0.1) is 0 Å². The van der Waals surface area contributed by atoms with E-state index in [1.807, 2.05) is 12.1 Å². The molecule has 2 rings (SSSR count). The lowest BCUT2D eigenvalue weighted by atomic mass is 10.2. The molecule has 0 aliphatic heterocycles. The van der Waals surface area contributed by atoms with E-state index in [0.29, 0.717) is 5.39 Å². The number of hydrogen-bond donors (Lipinski definition) is 0. The Morgan fingerprint density at radius 3 is 2.62 bits per heavy atom. The third-order valence-electron chi connectivity index (χ3n) is 2.42. The van der Waals surface area contributed by atoms with E-state index in [-0.39, 0.29) is 17.7 Å². The van der Waals surface area contributed by atoms with Gasteiger partial charge in [0.05, 0.1) is 0 Å². The molecule has 0 aliphatic rings. The molecule has 1 aromatic heterocycles. The van der Waals surface area contributed by atoms with Crippen molar-refractivity contribution in [2.45, 2.75) is 6.54 Å². The van der Waals surface area contributed by atoms with Crippen molar-refractivity contribution in [3.8, 4) is 0 Å². The summed E-state index contributed by atoms with van der Waals surface area (Å²) in [5, 5.41) is 1.32. The van der Waals surface area contributed by atoms with Crippen molar-refractivity contribution in [3.05, 3.63) is 69.8 Å². The van der Waals surface area contributed by atoms with E-state index in [0.717, 1.165) is 5.39 Å². The van der Waals surface area contributed by atoms with Crippen LogP contribution in [-0.4, -0.2) is 4.57 Å². The average Bonchev–Trinajstić information content (AvgIpc) is 2.42. The van der Waals surface area contributed by atoms with Gasteiger partial charge in [-0.2, -0.15) is 0 Å². The highest BCUT2D eigenvalue weighted by Gasteiger charge is 2.01. The van der Waals surface area contributed by atoms with Gasteiger partial charge in [-0.3, -0.25) is 14.2 Å². The van der Waals surface area contributed by atoms with Gasteiger partial charge in [0.1, 0.15) is 0 Å². The predicted molar refractivity (Wildman–Crippen MR) is 64.7 cm³/mol. The minimum absolute atomic E-state index is 0.232. The number of hydrogen-bond acceptors (Lipinski definition) is 2. The second-order valence-corrected chi connectivity index (χ2v) is 3.46. The summed E-state index contributed by atoms with van der Waals surface area (Å²) in [5.74, 6) is 0. The van der Waals surface area contributed by atoms with E-state index in [4.69, 9.17) is 0 Å². The second kappa shape index (κ2) is 4.14. The molecule has 0 spiro atoms. The van der Waals surface area contributed by atoms with Crippen LogP contribution >= 0.6 is 0 Å². The molecule has 0 unspecified atom stereocenters. The average molecular weight is 213 g/mol. The van der Waals surface area contributed by atoms with Crippen molar-refractivity contribution in [2.75, 3.05) is 0 Å². The van der Waals surface area contributed by atoms with Crippen molar-refractivity contribution >= 4 is 10.8 Å². The van der Waals surface area contributed by atoms with Gasteiger partial charge in [-0.1, -0.05) is 24.3 Å². The largest absolute Gasteiger partial charge is 0.271 e. The number of aromatic nitrogens is 1. The second-order valence-electron chi connectivity index (χ2n) is 3.46. The normalized spacial score (nSPS) is 10.2. The molecule has 3 heteroatoms. The number of fused-ring (bicyclic) bond motifs is 1. The molecule has 0 saturated carbocycles. The highest BCUT2D eigenvalue weighted by Crippen LogP contribution is 2.05. The van der Waals surface area contributed by atoms with Crippen molar-refractivity contribution in [1.29, 1.82) is 0 Å². The van der Waals surface area contributed by atoms with E-state index in [1.54, 1.807) is 18.2 Å². The Kier molecular flexibility index (Phi) is 2.68. The Hall–Kier alpha value is -2.16. The summed E-state index contributed by atoms with van der Waals surface area (Å²) in [5.41, 5.74) is -0.577. The topological polar surface area (TPSA) is 39.1 Å². The Bertz CT molecular complexity index is 656. The summed E-state index contributed by atoms with van der Waals surface area (Å²) in [7, 11) is 0. The summed E-state index contributed by atoms with van der Waals surface area (Å²) in [6.07, 6.45) is 1.54. The van der Waals surface area contributed by atoms with E-state index in [9.17, 15) is 9.59 Å². The molecule has 0 saturated heterocycles. The maximum Gasteiger partial charge on any atom is 0.261 e. The minimum atomic E-state index is -0.305. The van der Waals surface area contributed by atoms with Crippen molar-refractivity contribution in [2.24, 2.45) is 0 Å². The Balaban J connectivity index is 2.98. The molecule has 0 fully saturated rings. The molecule has 0 radical (unpaired) electrons. The van der Waals surface area contributed by atoms with Crippen LogP contribution in [-0.2, 0) is 6.54 Å². The molecule has 0 atom stereocenters. The maximum atomic E-state index is 12.1. The van der Waals surface area contributed by atoms with Crippen molar-refractivity contribution in [3.63, 3.8) is 0 Å². The number of rotatable bonds is 2. The van der Waals surface area contributed by atoms with E-state index in [2.05, 4.69) is 6.58 Å². The first kappa shape index (κ1) is 10.4. The Labute approximate surface area is 92.3 Å². The molecular formula is C13H11NO2. The van der Waals surface area contributed by atoms with Crippen LogP contribution in [0.3, 0.4) is 0 Å². The molecule has 3 nitrogen and oxygen atoms in total. The molecule has 80 valence electrons. The number of benzene rings is 1. The first-order valence-electron chi connectivity index (χ1n) is 4.98. The molecule has 2 aromatic rings. The van der Waals surface area contributed by atoms with Gasteiger partial charge >= 0.3 is 0 Å². The van der Waals surface area contributed by atoms with Crippen LogP contribution in [0.1, 0.15) is 0 Å². The third kappa shape index (κ3) is 1.67. The molecule has 1 heterocycles. The van der Waals surface area contributed by atoms with Crippen LogP contribution in [0.4, 0.5) is 0 Å². The first-order valence-corrected chi connectivity index (χ1v) is 4.98. The summed E-state index contributed by atoms with van der Waals surface area (Å²) in [4.78, 5) is 23.7. The smallest absolute Gasteiger partial charge is 0.261 e. The lowest BCUT2D eigenvalue weighted by molar-refractivity contribution is 0.761. The molecular weight excluding hydrogens is 202 g/mol. The molecule has 0 aliphatic carbocycles. The van der Waals surface area contributed by atoms with Crippen molar-refractivity contribution in [1.82, 2.24) is 4.57 Å². The first-order chi connectivity index (χ1) is 7.74. The molecule has 0 amide bonds. The number of nitrogens with zero attached hydrogens (tertiary/aromatic N) is 1. The summed E-state index contributed by atoms with van der Waals surface area (Å²) in [6, 6.07) is 10.2. The van der Waals surface area contributed by atoms with Crippen LogP contribution in [0.5, 0.6) is 0 Å². The summed E-state index contributed by atoms with van der Waals surface area (Å²) < 4.78 is 1.18. The van der Waals surface area contributed by atoms with Gasteiger partial charge in [0.2, 0.25) is 0 Å². The van der Waals surface area contributed by atoms with Crippen LogP contribution in [0.25, 0.3) is 10.8 Å². The van der Waals surface area contributed by atoms with Crippen molar-refractivity contribution < 1.29 is 0 Å². The predicted octanol–water partition coefficient (Wildman–Crippen LogP) is 1.55. The van der Waals surface area contributed by atoms with Gasteiger partial charge in [0.15, 0.2) is 0 Å². The lowest BCUT2D eigenvalue weighted by Gasteiger charge is -1.95. The molecule has 0 N–H and O–H groups in total. The third-order valence-corrected chi connectivity index (χ3v) is 2.42. The standard InChI is InChI=1S/C13H11NO2/c1-2-9-14-12(15)8-7-10-5-3-4-6-11(10)13(14)16/h2-8H,1,9H2. The zero-order chi connectivity index (χ0) is 11.5. The molecule has 0 bridgehead atoms. The molecule has 16 heavy (non-hydrogen) atoms. The highest BCUT2D eigenvalue weighted by atomic mass is 16.2. The van der Waals surface area contributed by atoms with E-state index in [1.165, 1.54) is 16.7 Å². The maximum absolute atomic E-state index is 12.1. The van der Waals surface area contributed by atoms with Crippen LogP contribution < -0.4 is 11.1 Å². The van der Waals surface area contributed by atoms with Gasteiger partial charge in [-0.15, -0.1) is 6.58 Å². The lowest BCUT2D eigenvalue weighted by Crippen LogP contribution is -2.28. The van der Waals surface area contributed by atoms with Gasteiger partial charge in [-0.25, -0.2) is 0 Å². The zero-order valence-corrected chi connectivity index (χ0v) is 8.72. The quantitative estimate of drug-likeness (QED) is 0.710. The van der Waals surface area contributed by atoms with Crippen LogP contribution in [0.15, 0.2) is 58.6 Å². The molecule has 1 aromatic carbocycles. The summed E-state index contributed by atoms with van der Waals surface area (Å²) >= 11 is 0. The zero-order valence-electron chi connectivity index (χ0n) is 8.72. The highest BCUT2D eigenvalue weighted by molar-refractivity contribution is 5.80. The van der Waals surface area contributed by atoms with Gasteiger partial charge in [0.25, 0.3) is 11.1 Å².